The van der Waals surface area contributed by atoms with Gasteiger partial charge in [0.1, 0.15) is 0 Å². The summed E-state index contributed by atoms with van der Waals surface area (Å²) in [6, 6.07) is 5.84. The Morgan fingerprint density at radius 1 is 1.33 bits per heavy atom. The average Bonchev–Trinajstić information content (AvgIpc) is 2.05. The van der Waals surface area contributed by atoms with Crippen LogP contribution in [-0.2, 0) is 4.79 Å². The molecule has 3 heteroatoms. The van der Waals surface area contributed by atoms with Crippen molar-refractivity contribution in [3.8, 4) is 0 Å². The predicted octanol–water partition coefficient (Wildman–Crippen LogP) is 1.61. The van der Waals surface area contributed by atoms with Crippen molar-refractivity contribution in [2.45, 2.75) is 6.92 Å². The Balaban J connectivity index is 3.03. The van der Waals surface area contributed by atoms with Crippen molar-refractivity contribution in [1.82, 2.24) is 0 Å². The number of benzene rings is 1. The molecule has 1 aromatic carbocycles. The lowest BCUT2D eigenvalue weighted by Gasteiger charge is -2.07. The molecule has 0 aliphatic carbocycles. The fraction of sp³-hybridized carbons (Fsp3) is 0.222. The van der Waals surface area contributed by atoms with Crippen molar-refractivity contribution in [3.63, 3.8) is 0 Å². The first kappa shape index (κ1) is 8.59. The van der Waals surface area contributed by atoms with E-state index in [0.29, 0.717) is 6.41 Å². The van der Waals surface area contributed by atoms with Gasteiger partial charge in [-0.15, -0.1) is 0 Å². The fourth-order valence-electron chi connectivity index (χ4n) is 1.06. The standard InChI is InChI=1S/C9H12N2O/c1-7-3-4-8(10-2)9(5-7)11-6-12/h3-6,10H,1-2H3,(H,11,12). The van der Waals surface area contributed by atoms with Crippen LogP contribution in [0.4, 0.5) is 11.4 Å². The van der Waals surface area contributed by atoms with Crippen molar-refractivity contribution >= 4 is 17.8 Å². The monoisotopic (exact) mass is 164 g/mol. The summed E-state index contributed by atoms with van der Waals surface area (Å²) in [5, 5.41) is 5.61. The normalized spacial score (nSPS) is 9.17. The Hall–Kier alpha value is -1.51. The van der Waals surface area contributed by atoms with Gasteiger partial charge < -0.3 is 10.6 Å². The molecule has 0 radical (unpaired) electrons. The molecule has 3 nitrogen and oxygen atoms in total. The molecule has 0 aliphatic rings. The van der Waals surface area contributed by atoms with E-state index in [2.05, 4.69) is 10.6 Å². The third-order valence-corrected chi connectivity index (χ3v) is 1.66. The van der Waals surface area contributed by atoms with E-state index in [1.54, 1.807) is 0 Å². The summed E-state index contributed by atoms with van der Waals surface area (Å²) in [4.78, 5) is 10.2. The van der Waals surface area contributed by atoms with Gasteiger partial charge in [0.05, 0.1) is 11.4 Å². The fourth-order valence-corrected chi connectivity index (χ4v) is 1.06. The maximum atomic E-state index is 10.2. The van der Waals surface area contributed by atoms with Gasteiger partial charge in [0.25, 0.3) is 0 Å². The van der Waals surface area contributed by atoms with Crippen molar-refractivity contribution in [2.24, 2.45) is 0 Å². The van der Waals surface area contributed by atoms with Crippen LogP contribution in [0.5, 0.6) is 0 Å². The molecule has 0 fully saturated rings. The molecule has 2 N–H and O–H groups in total. The first-order valence-corrected chi connectivity index (χ1v) is 3.76. The van der Waals surface area contributed by atoms with Crippen molar-refractivity contribution < 1.29 is 4.79 Å². The average molecular weight is 164 g/mol. The van der Waals surface area contributed by atoms with E-state index in [-0.39, 0.29) is 0 Å². The second-order valence-corrected chi connectivity index (χ2v) is 2.56. The zero-order valence-corrected chi connectivity index (χ0v) is 7.22. The van der Waals surface area contributed by atoms with Crippen LogP contribution in [0, 0.1) is 6.92 Å². The van der Waals surface area contributed by atoms with Gasteiger partial charge in [0.15, 0.2) is 0 Å². The van der Waals surface area contributed by atoms with Crippen molar-refractivity contribution in [3.05, 3.63) is 23.8 Å². The van der Waals surface area contributed by atoms with E-state index < -0.39 is 0 Å². The molecule has 12 heavy (non-hydrogen) atoms. The lowest BCUT2D eigenvalue weighted by atomic mass is 10.2. The summed E-state index contributed by atoms with van der Waals surface area (Å²) < 4.78 is 0. The van der Waals surface area contributed by atoms with Crippen LogP contribution in [0.2, 0.25) is 0 Å². The van der Waals surface area contributed by atoms with Crippen LogP contribution in [0.15, 0.2) is 18.2 Å². The smallest absolute Gasteiger partial charge is 0.211 e. The zero-order valence-electron chi connectivity index (χ0n) is 7.22. The van der Waals surface area contributed by atoms with Crippen molar-refractivity contribution in [2.75, 3.05) is 17.7 Å². The number of nitrogens with one attached hydrogen (secondary N) is 2. The lowest BCUT2D eigenvalue weighted by Crippen LogP contribution is -1.99. The van der Waals surface area contributed by atoms with Crippen LogP contribution >= 0.6 is 0 Å². The molecular formula is C9H12N2O. The van der Waals surface area contributed by atoms with E-state index >= 15 is 0 Å². The van der Waals surface area contributed by atoms with Gasteiger partial charge in [0, 0.05) is 7.05 Å². The topological polar surface area (TPSA) is 41.1 Å². The SMILES string of the molecule is CNc1ccc(C)cc1NC=O. The maximum Gasteiger partial charge on any atom is 0.211 e. The van der Waals surface area contributed by atoms with E-state index in [1.165, 1.54) is 0 Å². The van der Waals surface area contributed by atoms with Gasteiger partial charge in [-0.2, -0.15) is 0 Å². The molecule has 0 heterocycles. The van der Waals surface area contributed by atoms with E-state index in [9.17, 15) is 4.79 Å². The zero-order chi connectivity index (χ0) is 8.97. The van der Waals surface area contributed by atoms with Crippen LogP contribution in [0.1, 0.15) is 5.56 Å². The molecule has 0 bridgehead atoms. The minimum Gasteiger partial charge on any atom is -0.386 e. The number of amides is 1. The number of anilines is 2. The Bertz CT molecular complexity index is 284. The quantitative estimate of drug-likeness (QED) is 0.666. The predicted molar refractivity (Wildman–Crippen MR) is 50.4 cm³/mol. The van der Waals surface area contributed by atoms with E-state index in [4.69, 9.17) is 0 Å². The molecule has 1 aromatic rings. The summed E-state index contributed by atoms with van der Waals surface area (Å²) in [6.45, 7) is 1.98. The highest BCUT2D eigenvalue weighted by atomic mass is 16.1. The maximum absolute atomic E-state index is 10.2. The molecule has 1 rings (SSSR count). The minimum atomic E-state index is 0.676. The minimum absolute atomic E-state index is 0.676. The largest absolute Gasteiger partial charge is 0.386 e. The van der Waals surface area contributed by atoms with Gasteiger partial charge in [-0.3, -0.25) is 4.79 Å². The molecule has 0 saturated carbocycles. The second kappa shape index (κ2) is 3.76. The van der Waals surface area contributed by atoms with E-state index in [1.807, 2.05) is 32.2 Å². The molecule has 0 unspecified atom stereocenters. The summed E-state index contributed by atoms with van der Waals surface area (Å²) in [5.41, 5.74) is 2.86. The first-order valence-electron chi connectivity index (χ1n) is 3.76. The van der Waals surface area contributed by atoms with Crippen LogP contribution in [0.3, 0.4) is 0 Å². The second-order valence-electron chi connectivity index (χ2n) is 2.56. The summed E-state index contributed by atoms with van der Waals surface area (Å²) in [5.74, 6) is 0. The third-order valence-electron chi connectivity index (χ3n) is 1.66. The number of carbonyl (C=O) groups excluding carboxylic acids is 1. The highest BCUT2D eigenvalue weighted by Crippen LogP contribution is 2.21. The molecule has 0 saturated heterocycles. The molecule has 0 spiro atoms. The third kappa shape index (κ3) is 1.75. The first-order chi connectivity index (χ1) is 5.77. The van der Waals surface area contributed by atoms with Gasteiger partial charge in [-0.1, -0.05) is 6.07 Å². The number of carbonyl (C=O) groups is 1. The molecule has 0 atom stereocenters. The highest BCUT2D eigenvalue weighted by molar-refractivity contribution is 5.81. The Morgan fingerprint density at radius 3 is 2.67 bits per heavy atom. The molecule has 64 valence electrons. The number of aryl methyl sites for hydroxylation is 1. The number of hydrogen-bond donors (Lipinski definition) is 2. The van der Waals surface area contributed by atoms with Crippen LogP contribution in [0.25, 0.3) is 0 Å². The van der Waals surface area contributed by atoms with Gasteiger partial charge in [0.2, 0.25) is 6.41 Å². The van der Waals surface area contributed by atoms with Gasteiger partial charge >= 0.3 is 0 Å². The van der Waals surface area contributed by atoms with Crippen LogP contribution in [-0.4, -0.2) is 13.5 Å². The summed E-state index contributed by atoms with van der Waals surface area (Å²) >= 11 is 0. The molecule has 0 aromatic heterocycles. The Labute approximate surface area is 71.8 Å². The molecular weight excluding hydrogens is 152 g/mol. The Kier molecular flexibility index (Phi) is 2.69. The van der Waals surface area contributed by atoms with Gasteiger partial charge in [-0.25, -0.2) is 0 Å². The van der Waals surface area contributed by atoms with Crippen LogP contribution < -0.4 is 10.6 Å². The summed E-state index contributed by atoms with van der Waals surface area (Å²) in [7, 11) is 1.82. The van der Waals surface area contributed by atoms with Gasteiger partial charge in [-0.05, 0) is 24.6 Å². The molecule has 1 amide bonds. The Morgan fingerprint density at radius 2 is 2.08 bits per heavy atom. The van der Waals surface area contributed by atoms with Crippen molar-refractivity contribution in [1.29, 1.82) is 0 Å². The lowest BCUT2D eigenvalue weighted by molar-refractivity contribution is -0.105. The number of rotatable bonds is 3. The number of hydrogen-bond acceptors (Lipinski definition) is 2. The highest BCUT2D eigenvalue weighted by Gasteiger charge is 1.98. The summed E-state index contributed by atoms with van der Waals surface area (Å²) in [6.07, 6.45) is 0.676. The van der Waals surface area contributed by atoms with E-state index in [0.717, 1.165) is 16.9 Å². The molecule has 0 aliphatic heterocycles.